The number of benzene rings is 1. The van der Waals surface area contributed by atoms with Crippen molar-refractivity contribution in [1.29, 1.82) is 0 Å². The van der Waals surface area contributed by atoms with E-state index in [-0.39, 0.29) is 5.91 Å². The summed E-state index contributed by atoms with van der Waals surface area (Å²) < 4.78 is 5.18. The van der Waals surface area contributed by atoms with Gasteiger partial charge in [0.05, 0.1) is 0 Å². The number of nitrogens with one attached hydrogen (secondary N) is 4. The van der Waals surface area contributed by atoms with Gasteiger partial charge in [-0.15, -0.1) is 0 Å². The maximum absolute atomic E-state index is 12.0. The molecule has 0 aliphatic heterocycles. The van der Waals surface area contributed by atoms with Crippen LogP contribution in [0.1, 0.15) is 56.5 Å². The Morgan fingerprint density at radius 2 is 1.62 bits per heavy atom. The molecule has 0 aromatic heterocycles. The van der Waals surface area contributed by atoms with Gasteiger partial charge in [-0.3, -0.25) is 9.79 Å². The molecule has 0 atom stereocenters. The first kappa shape index (κ1) is 24.3. The highest BCUT2D eigenvalue weighted by Crippen LogP contribution is 2.06. The third kappa shape index (κ3) is 11.0. The molecular formula is C21H35N5O3. The van der Waals surface area contributed by atoms with E-state index in [0.29, 0.717) is 37.7 Å². The lowest BCUT2D eigenvalue weighted by Crippen LogP contribution is -2.42. The molecule has 0 heterocycles. The predicted molar refractivity (Wildman–Crippen MR) is 116 cm³/mol. The summed E-state index contributed by atoms with van der Waals surface area (Å²) in [6.07, 6.45) is 1.59. The van der Waals surface area contributed by atoms with Crippen LogP contribution in [0.3, 0.4) is 0 Å². The van der Waals surface area contributed by atoms with Crippen molar-refractivity contribution in [3.05, 3.63) is 35.4 Å². The number of unbranched alkanes of at least 4 members (excludes halogenated alkanes) is 1. The Bertz CT molecular complexity index is 666. The zero-order chi connectivity index (χ0) is 21.7. The van der Waals surface area contributed by atoms with Gasteiger partial charge in [-0.2, -0.15) is 0 Å². The van der Waals surface area contributed by atoms with Crippen LogP contribution in [0, 0.1) is 0 Å². The molecule has 1 aromatic rings. The van der Waals surface area contributed by atoms with Gasteiger partial charge < -0.3 is 26.0 Å². The quantitative estimate of drug-likeness (QED) is 0.287. The molecule has 0 unspecified atom stereocenters. The summed E-state index contributed by atoms with van der Waals surface area (Å²) in [7, 11) is 1.68. The second-order valence-corrected chi connectivity index (χ2v) is 7.59. The summed E-state index contributed by atoms with van der Waals surface area (Å²) in [6.45, 7) is 9.74. The van der Waals surface area contributed by atoms with Crippen molar-refractivity contribution < 1.29 is 14.3 Å². The minimum atomic E-state index is -0.513. The largest absolute Gasteiger partial charge is 0.444 e. The number of alkyl carbamates (subject to hydrolysis) is 1. The molecule has 2 amide bonds. The van der Waals surface area contributed by atoms with Crippen molar-refractivity contribution in [2.75, 3.05) is 26.7 Å². The maximum atomic E-state index is 12.0. The third-order valence-corrected chi connectivity index (χ3v) is 3.80. The van der Waals surface area contributed by atoms with Crippen LogP contribution in [0.25, 0.3) is 0 Å². The maximum Gasteiger partial charge on any atom is 0.407 e. The van der Waals surface area contributed by atoms with Crippen molar-refractivity contribution in [3.63, 3.8) is 0 Å². The first-order chi connectivity index (χ1) is 13.7. The highest BCUT2D eigenvalue weighted by Gasteiger charge is 2.15. The number of carbonyl (C=O) groups excluding carboxylic acids is 2. The van der Waals surface area contributed by atoms with Crippen LogP contribution in [0.5, 0.6) is 0 Å². The molecule has 1 aromatic carbocycles. The number of carbonyl (C=O) groups is 2. The number of hydrogen-bond acceptors (Lipinski definition) is 4. The monoisotopic (exact) mass is 405 g/mol. The van der Waals surface area contributed by atoms with Crippen LogP contribution in [-0.4, -0.2) is 50.2 Å². The molecule has 0 radical (unpaired) electrons. The number of guanidine groups is 1. The van der Waals surface area contributed by atoms with E-state index in [4.69, 9.17) is 4.74 Å². The third-order valence-electron chi connectivity index (χ3n) is 3.80. The van der Waals surface area contributed by atoms with Gasteiger partial charge in [0, 0.05) is 38.8 Å². The average molecular weight is 406 g/mol. The number of hydrogen-bond donors (Lipinski definition) is 4. The normalized spacial score (nSPS) is 11.6. The molecule has 0 fully saturated rings. The minimum absolute atomic E-state index is 0.0482. The van der Waals surface area contributed by atoms with E-state index in [9.17, 15) is 9.59 Å². The summed E-state index contributed by atoms with van der Waals surface area (Å²) in [5, 5.41) is 11.9. The molecule has 8 nitrogen and oxygen atoms in total. The van der Waals surface area contributed by atoms with E-state index in [2.05, 4.69) is 33.2 Å². The minimum Gasteiger partial charge on any atom is -0.444 e. The lowest BCUT2D eigenvalue weighted by molar-refractivity contribution is 0.0528. The lowest BCUT2D eigenvalue weighted by atomic mass is 10.1. The Hall–Kier alpha value is -2.77. The van der Waals surface area contributed by atoms with Crippen LogP contribution in [0.15, 0.2) is 29.3 Å². The zero-order valence-electron chi connectivity index (χ0n) is 18.2. The second kappa shape index (κ2) is 12.6. The highest BCUT2D eigenvalue weighted by atomic mass is 16.6. The summed E-state index contributed by atoms with van der Waals surface area (Å²) in [4.78, 5) is 27.8. The van der Waals surface area contributed by atoms with Crippen LogP contribution in [0.4, 0.5) is 4.79 Å². The molecule has 8 heteroatoms. The Morgan fingerprint density at radius 3 is 2.21 bits per heavy atom. The average Bonchev–Trinajstić information content (AvgIpc) is 2.66. The molecule has 0 saturated carbocycles. The van der Waals surface area contributed by atoms with Gasteiger partial charge in [0.1, 0.15) is 5.60 Å². The molecule has 29 heavy (non-hydrogen) atoms. The fourth-order valence-corrected chi connectivity index (χ4v) is 2.32. The van der Waals surface area contributed by atoms with Gasteiger partial charge >= 0.3 is 6.09 Å². The van der Waals surface area contributed by atoms with E-state index in [1.165, 1.54) is 0 Å². The van der Waals surface area contributed by atoms with Gasteiger partial charge in [0.15, 0.2) is 5.96 Å². The Balaban J connectivity index is 2.33. The second-order valence-electron chi connectivity index (χ2n) is 7.59. The van der Waals surface area contributed by atoms with Crippen molar-refractivity contribution in [2.24, 2.45) is 4.99 Å². The topological polar surface area (TPSA) is 104 Å². The summed E-state index contributed by atoms with van der Waals surface area (Å²) in [5.41, 5.74) is 1.17. The van der Waals surface area contributed by atoms with Crippen LogP contribution >= 0.6 is 0 Å². The smallest absolute Gasteiger partial charge is 0.407 e. The molecule has 0 aliphatic rings. The Morgan fingerprint density at radius 1 is 0.966 bits per heavy atom. The number of ether oxygens (including phenoxy) is 1. The number of amides is 2. The molecular weight excluding hydrogens is 370 g/mol. The van der Waals surface area contributed by atoms with E-state index >= 15 is 0 Å². The Labute approximate surface area is 173 Å². The van der Waals surface area contributed by atoms with Gasteiger partial charge in [0.25, 0.3) is 5.91 Å². The molecule has 1 rings (SSSR count). The van der Waals surface area contributed by atoms with Crippen LogP contribution in [-0.2, 0) is 11.3 Å². The molecule has 4 N–H and O–H groups in total. The zero-order valence-corrected chi connectivity index (χ0v) is 18.2. The number of nitrogens with zero attached hydrogens (tertiary/aromatic N) is 1. The highest BCUT2D eigenvalue weighted by molar-refractivity contribution is 5.94. The first-order valence-corrected chi connectivity index (χ1v) is 10.0. The van der Waals surface area contributed by atoms with Gasteiger partial charge in [0.2, 0.25) is 0 Å². The molecule has 0 aliphatic carbocycles. The Kier molecular flexibility index (Phi) is 10.6. The van der Waals surface area contributed by atoms with Crippen molar-refractivity contribution in [3.8, 4) is 0 Å². The molecule has 0 bridgehead atoms. The lowest BCUT2D eigenvalue weighted by Gasteiger charge is -2.20. The van der Waals surface area contributed by atoms with Crippen LogP contribution in [0.2, 0.25) is 0 Å². The first-order valence-electron chi connectivity index (χ1n) is 10.0. The summed E-state index contributed by atoms with van der Waals surface area (Å²) in [6, 6.07) is 7.47. The molecule has 162 valence electrons. The number of rotatable bonds is 9. The standard InChI is InChI=1S/C21H35N5O3/c1-6-7-12-23-18(27)17-10-8-16(9-11-17)15-26-19(22-5)24-13-14-25-20(28)29-21(2,3)4/h8-11H,6-7,12-15H2,1-5H3,(H,23,27)(H,25,28)(H2,22,24,26). The summed E-state index contributed by atoms with van der Waals surface area (Å²) >= 11 is 0. The van der Waals surface area contributed by atoms with E-state index in [0.717, 1.165) is 18.4 Å². The van der Waals surface area contributed by atoms with E-state index in [1.54, 1.807) is 7.05 Å². The van der Waals surface area contributed by atoms with Crippen molar-refractivity contribution in [2.45, 2.75) is 52.7 Å². The van der Waals surface area contributed by atoms with Crippen LogP contribution < -0.4 is 21.3 Å². The van der Waals surface area contributed by atoms with E-state index in [1.807, 2.05) is 45.0 Å². The summed E-state index contributed by atoms with van der Waals surface area (Å²) in [5.74, 6) is 0.574. The molecule has 0 saturated heterocycles. The number of aliphatic imine (C=N–C) groups is 1. The van der Waals surface area contributed by atoms with Gasteiger partial charge in [-0.25, -0.2) is 4.79 Å². The van der Waals surface area contributed by atoms with Crippen molar-refractivity contribution in [1.82, 2.24) is 21.3 Å². The molecule has 0 spiro atoms. The fourth-order valence-electron chi connectivity index (χ4n) is 2.32. The predicted octanol–water partition coefficient (Wildman–Crippen LogP) is 2.41. The fraction of sp³-hybridized carbons (Fsp3) is 0.571. The van der Waals surface area contributed by atoms with Crippen molar-refractivity contribution >= 4 is 18.0 Å². The van der Waals surface area contributed by atoms with Gasteiger partial charge in [-0.1, -0.05) is 25.5 Å². The van der Waals surface area contributed by atoms with Gasteiger partial charge in [-0.05, 0) is 44.9 Å². The van der Waals surface area contributed by atoms with E-state index < -0.39 is 11.7 Å². The SMILES string of the molecule is CCCCNC(=O)c1ccc(CNC(=NC)NCCNC(=O)OC(C)(C)C)cc1.